The van der Waals surface area contributed by atoms with Gasteiger partial charge in [-0.3, -0.25) is 5.43 Å². The predicted molar refractivity (Wildman–Crippen MR) is 134 cm³/mol. The Kier molecular flexibility index (Phi) is 5.22. The van der Waals surface area contributed by atoms with Gasteiger partial charge < -0.3 is 5.11 Å². The van der Waals surface area contributed by atoms with Gasteiger partial charge in [0.25, 0.3) is 0 Å². The van der Waals surface area contributed by atoms with Crippen molar-refractivity contribution >= 4 is 33.5 Å². The first kappa shape index (κ1) is 20.7. The van der Waals surface area contributed by atoms with Crippen molar-refractivity contribution in [2.24, 2.45) is 5.10 Å². The number of aryl methyl sites for hydroxylation is 2. The molecule has 3 aromatic carbocycles. The first-order chi connectivity index (χ1) is 15.4. The summed E-state index contributed by atoms with van der Waals surface area (Å²) in [5.41, 5.74) is 9.29. The van der Waals surface area contributed by atoms with Gasteiger partial charge in [0.1, 0.15) is 5.75 Å². The maximum Gasteiger partial charge on any atom is 0.203 e. The molecule has 0 amide bonds. The zero-order valence-electron chi connectivity index (χ0n) is 18.6. The van der Waals surface area contributed by atoms with Gasteiger partial charge in [0.2, 0.25) is 5.13 Å². The molecule has 4 nitrogen and oxygen atoms in total. The molecule has 4 aromatic rings. The molecule has 0 unspecified atom stereocenters. The summed E-state index contributed by atoms with van der Waals surface area (Å²) in [5, 5.41) is 19.6. The Labute approximate surface area is 192 Å². The smallest absolute Gasteiger partial charge is 0.203 e. The molecule has 1 aliphatic carbocycles. The monoisotopic (exact) mass is 441 g/mol. The van der Waals surface area contributed by atoms with E-state index in [4.69, 9.17) is 4.98 Å². The lowest BCUT2D eigenvalue weighted by molar-refractivity contribution is 0.221. The van der Waals surface area contributed by atoms with E-state index in [1.165, 1.54) is 16.7 Å². The topological polar surface area (TPSA) is 57.5 Å². The van der Waals surface area contributed by atoms with Crippen LogP contribution in [0.4, 0.5) is 5.13 Å². The number of benzene rings is 3. The highest BCUT2D eigenvalue weighted by Crippen LogP contribution is 2.53. The van der Waals surface area contributed by atoms with Gasteiger partial charge in [-0.2, -0.15) is 5.10 Å². The molecule has 1 aliphatic rings. The number of thiazole rings is 1. The van der Waals surface area contributed by atoms with Crippen molar-refractivity contribution in [1.29, 1.82) is 0 Å². The van der Waals surface area contributed by atoms with Gasteiger partial charge in [0.15, 0.2) is 0 Å². The lowest BCUT2D eigenvalue weighted by Crippen LogP contribution is -2.37. The fourth-order valence-electron chi connectivity index (χ4n) is 4.94. The number of rotatable bonds is 5. The van der Waals surface area contributed by atoms with E-state index >= 15 is 0 Å². The second-order valence-corrected chi connectivity index (χ2v) is 10.0. The first-order valence-corrected chi connectivity index (χ1v) is 11.8. The van der Waals surface area contributed by atoms with Crippen molar-refractivity contribution in [3.8, 4) is 5.75 Å². The molecule has 0 atom stereocenters. The second kappa shape index (κ2) is 8.06. The third-order valence-electron chi connectivity index (χ3n) is 6.68. The largest absolute Gasteiger partial charge is 0.507 e. The molecule has 1 heterocycles. The van der Waals surface area contributed by atoms with Gasteiger partial charge in [0.05, 0.1) is 11.9 Å². The predicted octanol–water partition coefficient (Wildman–Crippen LogP) is 6.90. The van der Waals surface area contributed by atoms with Crippen LogP contribution in [0.2, 0.25) is 0 Å². The second-order valence-electron chi connectivity index (χ2n) is 9.15. The van der Waals surface area contributed by atoms with Gasteiger partial charge in [-0.15, -0.1) is 11.3 Å². The molecule has 0 bridgehead atoms. The van der Waals surface area contributed by atoms with E-state index in [1.807, 2.05) is 30.3 Å². The number of nitrogens with zero attached hydrogens (tertiary/aromatic N) is 2. The quantitative estimate of drug-likeness (QED) is 0.262. The summed E-state index contributed by atoms with van der Waals surface area (Å²) < 4.78 is 0. The van der Waals surface area contributed by atoms with E-state index < -0.39 is 0 Å². The highest BCUT2D eigenvalue weighted by atomic mass is 32.1. The van der Waals surface area contributed by atoms with Crippen molar-refractivity contribution < 1.29 is 5.11 Å². The number of phenolic OH excluding ortho intramolecular Hbond substituents is 1. The summed E-state index contributed by atoms with van der Waals surface area (Å²) >= 11 is 1.57. The highest BCUT2D eigenvalue weighted by molar-refractivity contribution is 7.13. The van der Waals surface area contributed by atoms with Crippen molar-refractivity contribution in [2.75, 3.05) is 5.43 Å². The van der Waals surface area contributed by atoms with E-state index in [0.29, 0.717) is 11.5 Å². The minimum atomic E-state index is 0.217. The summed E-state index contributed by atoms with van der Waals surface area (Å²) in [6.45, 7) is 6.75. The van der Waals surface area contributed by atoms with Gasteiger partial charge in [0, 0.05) is 16.9 Å². The van der Waals surface area contributed by atoms with Crippen molar-refractivity contribution in [2.45, 2.75) is 44.9 Å². The minimum Gasteiger partial charge on any atom is -0.507 e. The Hall–Kier alpha value is -3.18. The van der Waals surface area contributed by atoms with E-state index in [-0.39, 0.29) is 11.2 Å². The molecule has 5 heteroatoms. The van der Waals surface area contributed by atoms with E-state index in [1.54, 1.807) is 23.6 Å². The Bertz CT molecular complexity index is 1320. The van der Waals surface area contributed by atoms with Gasteiger partial charge in [-0.25, -0.2) is 4.98 Å². The third kappa shape index (κ3) is 3.78. The third-order valence-corrected chi connectivity index (χ3v) is 7.44. The van der Waals surface area contributed by atoms with Crippen molar-refractivity contribution in [1.82, 2.24) is 4.98 Å². The van der Waals surface area contributed by atoms with Crippen LogP contribution in [-0.4, -0.2) is 16.3 Å². The minimum absolute atomic E-state index is 0.217. The maximum absolute atomic E-state index is 10.3. The number of aromatic nitrogens is 1. The molecule has 1 saturated carbocycles. The summed E-state index contributed by atoms with van der Waals surface area (Å²) in [5.74, 6) is 0.701. The van der Waals surface area contributed by atoms with Crippen LogP contribution >= 0.6 is 11.3 Å². The Morgan fingerprint density at radius 1 is 1.12 bits per heavy atom. The van der Waals surface area contributed by atoms with Crippen LogP contribution < -0.4 is 5.43 Å². The van der Waals surface area contributed by atoms with Crippen LogP contribution in [0.1, 0.15) is 53.6 Å². The number of nitrogens with one attached hydrogen (secondary N) is 1. The van der Waals surface area contributed by atoms with E-state index in [2.05, 4.69) is 54.9 Å². The number of hydrazone groups is 1. The molecular formula is C27H27N3OS. The number of anilines is 1. The van der Waals surface area contributed by atoms with Crippen LogP contribution in [0.3, 0.4) is 0 Å². The average molecular weight is 442 g/mol. The highest BCUT2D eigenvalue weighted by Gasteiger charge is 2.43. The molecule has 5 rings (SSSR count). The van der Waals surface area contributed by atoms with Crippen LogP contribution in [0, 0.1) is 13.8 Å². The zero-order valence-corrected chi connectivity index (χ0v) is 19.4. The number of aromatic hydroxyl groups is 1. The summed E-state index contributed by atoms with van der Waals surface area (Å²) in [4.78, 5) is 4.78. The maximum atomic E-state index is 10.3. The average Bonchev–Trinajstić information content (AvgIpc) is 3.23. The molecule has 0 saturated heterocycles. The van der Waals surface area contributed by atoms with Crippen LogP contribution in [0.15, 0.2) is 65.1 Å². The molecule has 32 heavy (non-hydrogen) atoms. The zero-order chi connectivity index (χ0) is 22.3. The molecular weight excluding hydrogens is 414 g/mol. The van der Waals surface area contributed by atoms with Crippen LogP contribution in [0.5, 0.6) is 5.75 Å². The normalized spacial score (nSPS) is 20.5. The first-order valence-electron chi connectivity index (χ1n) is 11.0. The van der Waals surface area contributed by atoms with Crippen LogP contribution in [0.25, 0.3) is 10.8 Å². The van der Waals surface area contributed by atoms with Gasteiger partial charge in [-0.1, -0.05) is 61.0 Å². The standard InChI is InChI=1S/C27H27N3OS/c1-17-8-9-18(2)23(12-17)27(3)13-20(14-27)24-16-32-26(29-24)30-28-15-22-21-7-5-4-6-19(21)10-11-25(22)31/h4-12,15-16,20,31H,13-14H2,1-3H3,(H,29,30). The van der Waals surface area contributed by atoms with E-state index in [0.717, 1.165) is 34.4 Å². The van der Waals surface area contributed by atoms with Crippen LogP contribution in [-0.2, 0) is 5.41 Å². The van der Waals surface area contributed by atoms with Crippen molar-refractivity contribution in [3.63, 3.8) is 0 Å². The van der Waals surface area contributed by atoms with Crippen molar-refractivity contribution in [3.05, 3.63) is 87.9 Å². The fraction of sp³-hybridized carbons (Fsp3) is 0.259. The molecule has 1 aromatic heterocycles. The SMILES string of the molecule is Cc1ccc(C)c(C2(C)CC(c3csc(NN=Cc4c(O)ccc5ccccc45)n3)C2)c1. The number of fused-ring (bicyclic) bond motifs is 1. The number of hydrogen-bond donors (Lipinski definition) is 2. The van der Waals surface area contributed by atoms with E-state index in [9.17, 15) is 5.11 Å². The lowest BCUT2D eigenvalue weighted by Gasteiger charge is -2.46. The summed E-state index contributed by atoms with van der Waals surface area (Å²) in [6.07, 6.45) is 3.90. The van der Waals surface area contributed by atoms with Gasteiger partial charge in [-0.05, 0) is 60.1 Å². The fourth-order valence-corrected chi connectivity index (χ4v) is 5.68. The molecule has 0 spiro atoms. The Morgan fingerprint density at radius 3 is 2.78 bits per heavy atom. The molecule has 2 N–H and O–H groups in total. The summed E-state index contributed by atoms with van der Waals surface area (Å²) in [6, 6.07) is 18.3. The Balaban J connectivity index is 1.27. The lowest BCUT2D eigenvalue weighted by atomic mass is 9.58. The summed E-state index contributed by atoms with van der Waals surface area (Å²) in [7, 11) is 0. The number of hydrogen-bond acceptors (Lipinski definition) is 5. The molecule has 0 radical (unpaired) electrons. The van der Waals surface area contributed by atoms with Gasteiger partial charge >= 0.3 is 0 Å². The molecule has 1 fully saturated rings. The molecule has 162 valence electrons. The Morgan fingerprint density at radius 2 is 1.94 bits per heavy atom. The molecule has 0 aliphatic heterocycles. The number of phenols is 1.